The summed E-state index contributed by atoms with van der Waals surface area (Å²) in [7, 11) is 0. The van der Waals surface area contributed by atoms with Crippen LogP contribution in [0.4, 0.5) is 18.0 Å². The molecule has 1 N–H and O–H groups in total. The summed E-state index contributed by atoms with van der Waals surface area (Å²) in [6.45, 7) is 7.06. The van der Waals surface area contributed by atoms with Crippen LogP contribution >= 0.6 is 0 Å². The smallest absolute Gasteiger partial charge is 0.420 e. The predicted octanol–water partition coefficient (Wildman–Crippen LogP) is 5.99. The van der Waals surface area contributed by atoms with Crippen LogP contribution in [-0.4, -0.2) is 11.7 Å². The first-order valence-corrected chi connectivity index (χ1v) is 8.74. The van der Waals surface area contributed by atoms with E-state index in [1.165, 1.54) is 6.07 Å². The first-order chi connectivity index (χ1) is 12.5. The Bertz CT molecular complexity index is 829. The summed E-state index contributed by atoms with van der Waals surface area (Å²) in [5.74, 6) is 0.225. The summed E-state index contributed by atoms with van der Waals surface area (Å²) in [6, 6.07) is 4.29. The van der Waals surface area contributed by atoms with Crippen molar-refractivity contribution in [1.29, 1.82) is 0 Å². The lowest BCUT2D eigenvalue weighted by Crippen LogP contribution is -2.32. The lowest BCUT2D eigenvalue weighted by Gasteiger charge is -2.19. The number of benzene rings is 1. The van der Waals surface area contributed by atoms with Crippen molar-refractivity contribution in [2.24, 2.45) is 0 Å². The van der Waals surface area contributed by atoms with Gasteiger partial charge in [-0.25, -0.2) is 4.79 Å². The summed E-state index contributed by atoms with van der Waals surface area (Å²) in [5, 5.41) is 2.84. The van der Waals surface area contributed by atoms with Gasteiger partial charge in [0.15, 0.2) is 0 Å². The molecule has 1 amide bonds. The van der Waals surface area contributed by atoms with Crippen molar-refractivity contribution in [1.82, 2.24) is 5.32 Å². The fourth-order valence-electron chi connectivity index (χ4n) is 2.54. The van der Waals surface area contributed by atoms with E-state index in [9.17, 15) is 18.0 Å². The molecule has 0 aliphatic rings. The molecule has 27 heavy (non-hydrogen) atoms. The van der Waals surface area contributed by atoms with Gasteiger partial charge in [-0.2, -0.15) is 13.2 Å². The van der Waals surface area contributed by atoms with E-state index in [1.54, 1.807) is 26.8 Å². The highest BCUT2D eigenvalue weighted by molar-refractivity contribution is 5.83. The van der Waals surface area contributed by atoms with E-state index >= 15 is 0 Å². The highest BCUT2D eigenvalue weighted by Gasteiger charge is 2.35. The molecular weight excluding hydrogens is 359 g/mol. The highest BCUT2D eigenvalue weighted by Crippen LogP contribution is 2.37. The number of alkyl halides is 3. The normalized spacial score (nSPS) is 12.7. The zero-order valence-corrected chi connectivity index (χ0v) is 15.9. The molecule has 1 aromatic heterocycles. The Morgan fingerprint density at radius 1 is 1.19 bits per heavy atom. The van der Waals surface area contributed by atoms with E-state index in [0.29, 0.717) is 17.4 Å². The average Bonchev–Trinajstić information content (AvgIpc) is 2.92. The summed E-state index contributed by atoms with van der Waals surface area (Å²) >= 11 is 0. The molecule has 0 aliphatic heterocycles. The van der Waals surface area contributed by atoms with Crippen molar-refractivity contribution in [2.45, 2.75) is 58.9 Å². The van der Waals surface area contributed by atoms with Crippen molar-refractivity contribution in [3.05, 3.63) is 47.2 Å². The van der Waals surface area contributed by atoms with Gasteiger partial charge < -0.3 is 14.5 Å². The van der Waals surface area contributed by atoms with Gasteiger partial charge in [0.1, 0.15) is 16.9 Å². The Balaban J connectivity index is 2.28. The third-order valence-corrected chi connectivity index (χ3v) is 3.59. The number of carbonyl (C=O) groups is 1. The number of halogens is 3. The van der Waals surface area contributed by atoms with Gasteiger partial charge in [0.25, 0.3) is 0 Å². The molecule has 0 bridgehead atoms. The topological polar surface area (TPSA) is 51.5 Å². The molecule has 1 aromatic carbocycles. The molecule has 2 rings (SSSR count). The molecule has 1 heterocycles. The third kappa shape index (κ3) is 6.05. The molecule has 0 radical (unpaired) electrons. The van der Waals surface area contributed by atoms with E-state index in [1.807, 2.05) is 19.1 Å². The average molecular weight is 383 g/mol. The summed E-state index contributed by atoms with van der Waals surface area (Å²) < 4.78 is 50.8. The van der Waals surface area contributed by atoms with E-state index in [4.69, 9.17) is 9.15 Å². The van der Waals surface area contributed by atoms with Crippen LogP contribution in [0.5, 0.6) is 0 Å². The number of nitrogens with one attached hydrogen (secondary N) is 1. The zero-order chi connectivity index (χ0) is 20.2. The molecule has 0 spiro atoms. The molecule has 0 atom stereocenters. The monoisotopic (exact) mass is 383 g/mol. The highest BCUT2D eigenvalue weighted by atomic mass is 19.4. The van der Waals surface area contributed by atoms with Crippen molar-refractivity contribution in [3.8, 4) is 0 Å². The van der Waals surface area contributed by atoms with E-state index in [0.717, 1.165) is 12.5 Å². The maximum atomic E-state index is 13.4. The Morgan fingerprint density at radius 3 is 2.48 bits per heavy atom. The largest absolute Gasteiger partial charge is 0.459 e. The second kappa shape index (κ2) is 8.06. The molecule has 148 valence electrons. The molecule has 7 heteroatoms. The number of amides is 1. The summed E-state index contributed by atoms with van der Waals surface area (Å²) in [6.07, 6.45) is -0.222. The van der Waals surface area contributed by atoms with Gasteiger partial charge in [-0.1, -0.05) is 19.1 Å². The number of rotatable bonds is 5. The molecule has 0 saturated heterocycles. The number of alkyl carbamates (subject to hydrolysis) is 1. The number of furan rings is 1. The second-order valence-electron chi connectivity index (χ2n) is 7.21. The van der Waals surface area contributed by atoms with Gasteiger partial charge in [0, 0.05) is 5.39 Å². The van der Waals surface area contributed by atoms with Gasteiger partial charge in [-0.3, -0.25) is 0 Å². The molecular formula is C20H24F3NO3. The van der Waals surface area contributed by atoms with E-state index in [2.05, 4.69) is 5.32 Å². The van der Waals surface area contributed by atoms with Gasteiger partial charge >= 0.3 is 12.3 Å². The van der Waals surface area contributed by atoms with Crippen LogP contribution in [0.1, 0.15) is 51.0 Å². The lowest BCUT2D eigenvalue weighted by atomic mass is 10.0. The fraction of sp³-hybridized carbons (Fsp3) is 0.450. The SMILES string of the molecule is CC/C=C/Cc1cc(C(F)(F)F)c2oc(CNC(=O)OC(C)(C)C)cc2c1. The molecule has 4 nitrogen and oxygen atoms in total. The van der Waals surface area contributed by atoms with Crippen LogP contribution in [0.2, 0.25) is 0 Å². The summed E-state index contributed by atoms with van der Waals surface area (Å²) in [5.41, 5.74) is -1.16. The quantitative estimate of drug-likeness (QED) is 0.646. The Kier molecular flexibility index (Phi) is 6.23. The van der Waals surface area contributed by atoms with Crippen LogP contribution in [0.25, 0.3) is 11.0 Å². The minimum atomic E-state index is -4.53. The Labute approximate surface area is 156 Å². The zero-order valence-electron chi connectivity index (χ0n) is 15.9. The van der Waals surface area contributed by atoms with Crippen LogP contribution in [-0.2, 0) is 23.9 Å². The number of hydrogen-bond donors (Lipinski definition) is 1. The molecule has 2 aromatic rings. The molecule has 0 saturated carbocycles. The van der Waals surface area contributed by atoms with Crippen molar-refractivity contribution < 1.29 is 27.1 Å². The number of hydrogen-bond acceptors (Lipinski definition) is 3. The van der Waals surface area contributed by atoms with E-state index < -0.39 is 23.4 Å². The molecule has 0 aliphatic carbocycles. The Hall–Kier alpha value is -2.44. The van der Waals surface area contributed by atoms with Crippen molar-refractivity contribution in [2.75, 3.05) is 0 Å². The molecule has 0 unspecified atom stereocenters. The van der Waals surface area contributed by atoms with Gasteiger partial charge in [-0.05, 0) is 57.4 Å². The van der Waals surface area contributed by atoms with Crippen LogP contribution in [0, 0.1) is 0 Å². The molecule has 0 fully saturated rings. The minimum Gasteiger partial charge on any atom is -0.459 e. The van der Waals surface area contributed by atoms with Gasteiger partial charge in [0.05, 0.1) is 12.1 Å². The van der Waals surface area contributed by atoms with Gasteiger partial charge in [0.2, 0.25) is 0 Å². The maximum absolute atomic E-state index is 13.4. The number of fused-ring (bicyclic) bond motifs is 1. The third-order valence-electron chi connectivity index (χ3n) is 3.59. The number of carbonyl (C=O) groups excluding carboxylic acids is 1. The predicted molar refractivity (Wildman–Crippen MR) is 97.4 cm³/mol. The second-order valence-corrected chi connectivity index (χ2v) is 7.21. The van der Waals surface area contributed by atoms with E-state index in [-0.39, 0.29) is 17.9 Å². The first-order valence-electron chi connectivity index (χ1n) is 8.74. The van der Waals surface area contributed by atoms with Gasteiger partial charge in [-0.15, -0.1) is 0 Å². The standard InChI is InChI=1S/C20H24F3NO3/c1-5-6-7-8-13-9-14-11-15(12-24-18(25)27-19(2,3)4)26-17(14)16(10-13)20(21,22)23/h6-7,9-11H,5,8,12H2,1-4H3,(H,24,25)/b7-6+. The maximum Gasteiger partial charge on any atom is 0.420 e. The summed E-state index contributed by atoms with van der Waals surface area (Å²) in [4.78, 5) is 11.7. The van der Waals surface area contributed by atoms with Crippen LogP contribution in [0.15, 0.2) is 34.8 Å². The first kappa shape index (κ1) is 20.9. The number of allylic oxidation sites excluding steroid dienone is 2. The Morgan fingerprint density at radius 2 is 1.89 bits per heavy atom. The minimum absolute atomic E-state index is 0.0635. The van der Waals surface area contributed by atoms with Crippen molar-refractivity contribution in [3.63, 3.8) is 0 Å². The fourth-order valence-corrected chi connectivity index (χ4v) is 2.54. The van der Waals surface area contributed by atoms with Crippen molar-refractivity contribution >= 4 is 17.1 Å². The lowest BCUT2D eigenvalue weighted by molar-refractivity contribution is -0.136. The van der Waals surface area contributed by atoms with Crippen LogP contribution in [0.3, 0.4) is 0 Å². The number of ether oxygens (including phenoxy) is 1. The van der Waals surface area contributed by atoms with Crippen LogP contribution < -0.4 is 5.32 Å².